The van der Waals surface area contributed by atoms with Crippen molar-refractivity contribution in [2.45, 2.75) is 12.8 Å². The third-order valence-corrected chi connectivity index (χ3v) is 5.96. The number of carbonyl (C=O) groups excluding carboxylic acids is 2. The van der Waals surface area contributed by atoms with Gasteiger partial charge in [0.1, 0.15) is 10.1 Å². The van der Waals surface area contributed by atoms with Crippen LogP contribution in [0.1, 0.15) is 28.8 Å². The van der Waals surface area contributed by atoms with Gasteiger partial charge < -0.3 is 15.5 Å². The number of anilines is 1. The number of aromatic carboxylic acids is 1. The van der Waals surface area contributed by atoms with Crippen LogP contribution in [0.2, 0.25) is 5.02 Å². The smallest absolute Gasteiger partial charge is 0.335 e. The highest BCUT2D eigenvalue weighted by atomic mass is 35.5. The zero-order valence-corrected chi connectivity index (χ0v) is 18.4. The number of benzene rings is 2. The number of carboxylic acids is 1. The van der Waals surface area contributed by atoms with Crippen molar-refractivity contribution in [3.05, 3.63) is 63.5 Å². The average molecular weight is 477 g/mol. The first kappa shape index (κ1) is 22.8. The molecule has 31 heavy (non-hydrogen) atoms. The number of amides is 2. The van der Waals surface area contributed by atoms with Gasteiger partial charge in [-0.1, -0.05) is 35.6 Å². The van der Waals surface area contributed by atoms with Crippen LogP contribution in [0, 0.1) is 0 Å². The Labute approximate surface area is 192 Å². The molecule has 1 fully saturated rings. The Hall–Kier alpha value is -2.88. The van der Waals surface area contributed by atoms with E-state index in [0.717, 1.165) is 11.8 Å². The summed E-state index contributed by atoms with van der Waals surface area (Å²) in [5, 5.41) is 21.9. The quantitative estimate of drug-likeness (QED) is 0.402. The van der Waals surface area contributed by atoms with E-state index in [4.69, 9.17) is 28.9 Å². The first-order valence-electron chi connectivity index (χ1n) is 9.11. The second-order valence-corrected chi connectivity index (χ2v) is 8.68. The molecular weight excluding hydrogens is 460 g/mol. The number of nitrogens with one attached hydrogen (secondary N) is 1. The van der Waals surface area contributed by atoms with Gasteiger partial charge in [0.15, 0.2) is 0 Å². The van der Waals surface area contributed by atoms with Crippen LogP contribution in [0.3, 0.4) is 0 Å². The highest BCUT2D eigenvalue weighted by Gasteiger charge is 2.31. The third-order valence-electron chi connectivity index (χ3n) is 4.35. The Bertz CT molecular complexity index is 1090. The summed E-state index contributed by atoms with van der Waals surface area (Å²) in [5.41, 5.74) is 1.04. The van der Waals surface area contributed by atoms with Crippen LogP contribution in [0.25, 0.3) is 6.08 Å². The number of hydrogen-bond acceptors (Lipinski definition) is 6. The standard InChI is InChI=1S/C21H17ClN2O5S2/c22-14-5-8-16(25)13(10-14)11-17-19(27)24(21(30)31-17)9-1-2-18(26)23-15-6-3-12(4-7-15)20(28)29/h3-8,10-11,25H,1-2,9H2,(H,23,26)(H,28,29)/b17-11-. The number of carbonyl (C=O) groups is 3. The van der Waals surface area contributed by atoms with Crippen LogP contribution in [0.5, 0.6) is 5.75 Å². The zero-order chi connectivity index (χ0) is 22.5. The molecule has 0 unspecified atom stereocenters. The molecule has 10 heteroatoms. The minimum Gasteiger partial charge on any atom is -0.507 e. The van der Waals surface area contributed by atoms with Crippen molar-refractivity contribution in [2.75, 3.05) is 11.9 Å². The van der Waals surface area contributed by atoms with E-state index >= 15 is 0 Å². The number of aromatic hydroxyl groups is 1. The number of nitrogens with zero attached hydrogens (tertiary/aromatic N) is 1. The maximum Gasteiger partial charge on any atom is 0.335 e. The number of thioether (sulfide) groups is 1. The highest BCUT2D eigenvalue weighted by Crippen LogP contribution is 2.34. The third kappa shape index (κ3) is 5.84. The molecule has 1 aliphatic heterocycles. The monoisotopic (exact) mass is 476 g/mol. The molecule has 3 N–H and O–H groups in total. The fraction of sp³-hybridized carbons (Fsp3) is 0.143. The van der Waals surface area contributed by atoms with Crippen LogP contribution in [0.15, 0.2) is 47.4 Å². The Morgan fingerprint density at radius 2 is 1.90 bits per heavy atom. The fourth-order valence-corrected chi connectivity index (χ4v) is 4.27. The van der Waals surface area contributed by atoms with Crippen molar-refractivity contribution in [3.63, 3.8) is 0 Å². The maximum absolute atomic E-state index is 12.7. The predicted octanol–water partition coefficient (Wildman–Crippen LogP) is 4.36. The molecule has 0 bridgehead atoms. The van der Waals surface area contributed by atoms with E-state index in [9.17, 15) is 19.5 Å². The van der Waals surface area contributed by atoms with Gasteiger partial charge >= 0.3 is 5.97 Å². The van der Waals surface area contributed by atoms with E-state index < -0.39 is 5.97 Å². The van der Waals surface area contributed by atoms with Crippen LogP contribution < -0.4 is 5.32 Å². The normalized spacial score (nSPS) is 14.9. The van der Waals surface area contributed by atoms with E-state index in [1.165, 1.54) is 41.3 Å². The molecule has 1 aliphatic rings. The van der Waals surface area contributed by atoms with E-state index in [1.807, 2.05) is 0 Å². The van der Waals surface area contributed by atoms with Gasteiger partial charge in [0.05, 0.1) is 10.5 Å². The highest BCUT2D eigenvalue weighted by molar-refractivity contribution is 8.26. The van der Waals surface area contributed by atoms with Crippen molar-refractivity contribution in [1.82, 2.24) is 4.90 Å². The van der Waals surface area contributed by atoms with Crippen LogP contribution in [-0.4, -0.2) is 43.8 Å². The summed E-state index contributed by atoms with van der Waals surface area (Å²) < 4.78 is 0.377. The summed E-state index contributed by atoms with van der Waals surface area (Å²) in [6.45, 7) is 0.273. The molecule has 7 nitrogen and oxygen atoms in total. The topological polar surface area (TPSA) is 107 Å². The average Bonchev–Trinajstić information content (AvgIpc) is 2.98. The van der Waals surface area contributed by atoms with Gasteiger partial charge in [-0.2, -0.15) is 0 Å². The first-order chi connectivity index (χ1) is 14.7. The number of carboxylic acid groups (broad SMARTS) is 1. The molecule has 0 aliphatic carbocycles. The van der Waals surface area contributed by atoms with Gasteiger partial charge in [0.2, 0.25) is 5.91 Å². The Balaban J connectivity index is 1.54. The van der Waals surface area contributed by atoms with Crippen molar-refractivity contribution < 1.29 is 24.6 Å². The minimum atomic E-state index is -1.04. The van der Waals surface area contributed by atoms with Crippen LogP contribution in [-0.2, 0) is 9.59 Å². The Morgan fingerprint density at radius 1 is 1.19 bits per heavy atom. The van der Waals surface area contributed by atoms with Gasteiger partial charge in [-0.05, 0) is 55.0 Å². The fourth-order valence-electron chi connectivity index (χ4n) is 2.79. The predicted molar refractivity (Wildman–Crippen MR) is 124 cm³/mol. The molecule has 2 aromatic rings. The molecule has 0 saturated carbocycles. The maximum atomic E-state index is 12.7. The number of halogens is 1. The number of rotatable bonds is 7. The second-order valence-electron chi connectivity index (χ2n) is 6.57. The number of phenolic OH excluding ortho intramolecular Hbond substituents is 1. The molecule has 3 rings (SSSR count). The van der Waals surface area contributed by atoms with Crippen LogP contribution in [0.4, 0.5) is 5.69 Å². The van der Waals surface area contributed by atoms with E-state index in [0.29, 0.717) is 31.9 Å². The molecule has 0 spiro atoms. The molecule has 0 aromatic heterocycles. The minimum absolute atomic E-state index is 0.00252. The van der Waals surface area contributed by atoms with Crippen molar-refractivity contribution in [1.29, 1.82) is 0 Å². The van der Waals surface area contributed by atoms with E-state index in [1.54, 1.807) is 12.1 Å². The van der Waals surface area contributed by atoms with Crippen LogP contribution >= 0.6 is 35.6 Å². The summed E-state index contributed by atoms with van der Waals surface area (Å²) >= 11 is 12.3. The van der Waals surface area contributed by atoms with Crippen molar-refractivity contribution in [2.24, 2.45) is 0 Å². The van der Waals surface area contributed by atoms with Crippen molar-refractivity contribution >= 4 is 69.4 Å². The first-order valence-corrected chi connectivity index (χ1v) is 10.7. The van der Waals surface area contributed by atoms with E-state index in [2.05, 4.69) is 5.32 Å². The molecule has 0 radical (unpaired) electrons. The summed E-state index contributed by atoms with van der Waals surface area (Å²) in [6.07, 6.45) is 2.08. The molecule has 2 amide bonds. The summed E-state index contributed by atoms with van der Waals surface area (Å²) in [6, 6.07) is 10.4. The van der Waals surface area contributed by atoms with Gasteiger partial charge in [0, 0.05) is 29.2 Å². The zero-order valence-electron chi connectivity index (χ0n) is 16.0. The molecular formula is C21H17ClN2O5S2. The van der Waals surface area contributed by atoms with Crippen molar-refractivity contribution in [3.8, 4) is 5.75 Å². The lowest BCUT2D eigenvalue weighted by Crippen LogP contribution is -2.29. The Morgan fingerprint density at radius 3 is 2.58 bits per heavy atom. The second kappa shape index (κ2) is 9.95. The molecule has 0 atom stereocenters. The summed E-state index contributed by atoms with van der Waals surface area (Å²) in [7, 11) is 0. The SMILES string of the molecule is O=C(CCCN1C(=O)/C(=C/c2cc(Cl)ccc2O)SC1=S)Nc1ccc(C(=O)O)cc1. The van der Waals surface area contributed by atoms with E-state index in [-0.39, 0.29) is 36.1 Å². The number of phenols is 1. The summed E-state index contributed by atoms with van der Waals surface area (Å²) in [4.78, 5) is 37.4. The lowest BCUT2D eigenvalue weighted by Gasteiger charge is -2.14. The molecule has 1 saturated heterocycles. The number of hydrogen-bond donors (Lipinski definition) is 3. The van der Waals surface area contributed by atoms with Gasteiger partial charge in [-0.25, -0.2) is 4.79 Å². The van der Waals surface area contributed by atoms with Gasteiger partial charge in [-0.15, -0.1) is 0 Å². The summed E-state index contributed by atoms with van der Waals surface area (Å²) in [5.74, 6) is -1.59. The number of thiocarbonyl (C=S) groups is 1. The molecule has 160 valence electrons. The van der Waals surface area contributed by atoms with Gasteiger partial charge in [0.25, 0.3) is 5.91 Å². The molecule has 2 aromatic carbocycles. The molecule has 1 heterocycles. The Kier molecular flexibility index (Phi) is 7.32. The lowest BCUT2D eigenvalue weighted by atomic mass is 10.2. The lowest BCUT2D eigenvalue weighted by molar-refractivity contribution is -0.122. The van der Waals surface area contributed by atoms with Gasteiger partial charge in [-0.3, -0.25) is 14.5 Å². The largest absolute Gasteiger partial charge is 0.507 e.